The molecule has 0 saturated carbocycles. The van der Waals surface area contributed by atoms with E-state index in [0.29, 0.717) is 12.1 Å². The molecule has 2 aromatic rings. The van der Waals surface area contributed by atoms with Gasteiger partial charge in [-0.25, -0.2) is 4.98 Å². The van der Waals surface area contributed by atoms with Crippen LogP contribution >= 0.6 is 11.3 Å². The van der Waals surface area contributed by atoms with E-state index >= 15 is 0 Å². The first kappa shape index (κ1) is 17.9. The summed E-state index contributed by atoms with van der Waals surface area (Å²) in [5.74, 6) is 0.668. The molecule has 1 amide bonds. The second-order valence-corrected chi connectivity index (χ2v) is 6.30. The summed E-state index contributed by atoms with van der Waals surface area (Å²) >= 11 is 1.67. The third-order valence-electron chi connectivity index (χ3n) is 3.47. The van der Waals surface area contributed by atoms with Gasteiger partial charge in [-0.2, -0.15) is 0 Å². The number of hydrogen-bond donors (Lipinski definition) is 3. The molecule has 0 bridgehead atoms. The lowest BCUT2D eigenvalue weighted by Crippen LogP contribution is -2.37. The molecule has 6 nitrogen and oxygen atoms in total. The summed E-state index contributed by atoms with van der Waals surface area (Å²) in [7, 11) is 3.37. The smallest absolute Gasteiger partial charge is 0.251 e. The van der Waals surface area contributed by atoms with E-state index in [1.165, 1.54) is 0 Å². The SMILES string of the molecule is CN=C(NCCc1csc(C)n1)NCc1ccc(C(=O)NC)cc1. The Morgan fingerprint density at radius 2 is 2.00 bits per heavy atom. The fourth-order valence-electron chi connectivity index (χ4n) is 2.16. The van der Waals surface area contributed by atoms with Crippen LogP contribution in [0.5, 0.6) is 0 Å². The summed E-state index contributed by atoms with van der Waals surface area (Å²) in [6, 6.07) is 7.50. The zero-order valence-corrected chi connectivity index (χ0v) is 15.0. The molecule has 1 heterocycles. The van der Waals surface area contributed by atoms with E-state index in [1.54, 1.807) is 25.4 Å². The summed E-state index contributed by atoms with van der Waals surface area (Å²) in [4.78, 5) is 20.2. The van der Waals surface area contributed by atoms with Crippen molar-refractivity contribution in [1.82, 2.24) is 20.9 Å². The molecule has 2 rings (SSSR count). The minimum atomic E-state index is -0.0794. The molecule has 0 saturated heterocycles. The number of thiazole rings is 1. The molecule has 3 N–H and O–H groups in total. The van der Waals surface area contributed by atoms with Crippen LogP contribution in [0.2, 0.25) is 0 Å². The van der Waals surface area contributed by atoms with Gasteiger partial charge >= 0.3 is 0 Å². The van der Waals surface area contributed by atoms with Crippen molar-refractivity contribution in [3.63, 3.8) is 0 Å². The summed E-state index contributed by atoms with van der Waals surface area (Å²) in [5.41, 5.74) is 2.84. The van der Waals surface area contributed by atoms with E-state index in [2.05, 4.69) is 31.3 Å². The average molecular weight is 345 g/mol. The van der Waals surface area contributed by atoms with Gasteiger partial charge in [-0.3, -0.25) is 9.79 Å². The molecular formula is C17H23N5OS. The Morgan fingerprint density at radius 1 is 1.25 bits per heavy atom. The van der Waals surface area contributed by atoms with Gasteiger partial charge in [0, 0.05) is 44.5 Å². The van der Waals surface area contributed by atoms with Gasteiger partial charge in [0.2, 0.25) is 0 Å². The van der Waals surface area contributed by atoms with E-state index in [1.807, 2.05) is 31.2 Å². The fraction of sp³-hybridized carbons (Fsp3) is 0.353. The standard InChI is InChI=1S/C17H23N5OS/c1-12-22-15(11-24-12)8-9-20-17(19-3)21-10-13-4-6-14(7-5-13)16(23)18-2/h4-7,11H,8-10H2,1-3H3,(H,18,23)(H2,19,20,21). The first-order valence-electron chi connectivity index (χ1n) is 7.79. The zero-order chi connectivity index (χ0) is 17.4. The minimum absolute atomic E-state index is 0.0794. The molecule has 0 aliphatic heterocycles. The van der Waals surface area contributed by atoms with Crippen LogP contribution < -0.4 is 16.0 Å². The maximum atomic E-state index is 11.5. The molecule has 0 aliphatic rings. The number of carbonyl (C=O) groups excluding carboxylic acids is 1. The molecule has 7 heteroatoms. The van der Waals surface area contributed by atoms with Crippen molar-refractivity contribution >= 4 is 23.2 Å². The molecule has 0 aliphatic carbocycles. The number of aliphatic imine (C=N–C) groups is 1. The number of aryl methyl sites for hydroxylation is 1. The predicted octanol–water partition coefficient (Wildman–Crippen LogP) is 1.72. The van der Waals surface area contributed by atoms with Crippen LogP contribution in [-0.2, 0) is 13.0 Å². The monoisotopic (exact) mass is 345 g/mol. The molecule has 0 spiro atoms. The molecule has 1 aromatic carbocycles. The van der Waals surface area contributed by atoms with Gasteiger partial charge in [0.1, 0.15) is 0 Å². The molecule has 0 fully saturated rings. The third-order valence-corrected chi connectivity index (χ3v) is 4.29. The number of aromatic nitrogens is 1. The number of nitrogens with one attached hydrogen (secondary N) is 3. The van der Waals surface area contributed by atoms with Gasteiger partial charge in [-0.1, -0.05) is 12.1 Å². The van der Waals surface area contributed by atoms with Gasteiger partial charge in [0.15, 0.2) is 5.96 Å². The Kier molecular flexibility index (Phi) is 6.74. The molecule has 0 unspecified atom stereocenters. The quantitative estimate of drug-likeness (QED) is 0.550. The maximum absolute atomic E-state index is 11.5. The van der Waals surface area contributed by atoms with Crippen molar-refractivity contribution in [3.8, 4) is 0 Å². The van der Waals surface area contributed by atoms with Crippen molar-refractivity contribution in [2.24, 2.45) is 4.99 Å². The Labute approximate surface area is 146 Å². The summed E-state index contributed by atoms with van der Waals surface area (Å²) in [6.45, 7) is 3.43. The number of rotatable bonds is 6. The number of hydrogen-bond acceptors (Lipinski definition) is 4. The van der Waals surface area contributed by atoms with Crippen LogP contribution in [0.3, 0.4) is 0 Å². The van der Waals surface area contributed by atoms with Gasteiger partial charge < -0.3 is 16.0 Å². The van der Waals surface area contributed by atoms with Crippen molar-refractivity contribution in [3.05, 3.63) is 51.5 Å². The van der Waals surface area contributed by atoms with Crippen LogP contribution in [0.1, 0.15) is 26.6 Å². The van der Waals surface area contributed by atoms with Crippen LogP contribution in [0.15, 0.2) is 34.6 Å². The fourth-order valence-corrected chi connectivity index (χ4v) is 2.80. The Balaban J connectivity index is 1.77. The van der Waals surface area contributed by atoms with Gasteiger partial charge in [-0.15, -0.1) is 11.3 Å². The van der Waals surface area contributed by atoms with E-state index in [4.69, 9.17) is 0 Å². The highest BCUT2D eigenvalue weighted by atomic mass is 32.1. The predicted molar refractivity (Wildman–Crippen MR) is 98.6 cm³/mol. The zero-order valence-electron chi connectivity index (χ0n) is 14.2. The van der Waals surface area contributed by atoms with Crippen molar-refractivity contribution in [2.75, 3.05) is 20.6 Å². The normalized spacial score (nSPS) is 11.2. The first-order chi connectivity index (χ1) is 11.6. The molecule has 0 atom stereocenters. The first-order valence-corrected chi connectivity index (χ1v) is 8.67. The van der Waals surface area contributed by atoms with Crippen molar-refractivity contribution in [1.29, 1.82) is 0 Å². The highest BCUT2D eigenvalue weighted by Gasteiger charge is 2.03. The summed E-state index contributed by atoms with van der Waals surface area (Å²) < 4.78 is 0. The van der Waals surface area contributed by atoms with Crippen molar-refractivity contribution < 1.29 is 4.79 Å². The highest BCUT2D eigenvalue weighted by Crippen LogP contribution is 2.07. The number of amides is 1. The van der Waals surface area contributed by atoms with Crippen LogP contribution in [0, 0.1) is 6.92 Å². The average Bonchev–Trinajstić information content (AvgIpc) is 3.03. The van der Waals surface area contributed by atoms with Gasteiger partial charge in [-0.05, 0) is 24.6 Å². The van der Waals surface area contributed by atoms with Gasteiger partial charge in [0.25, 0.3) is 5.91 Å². The lowest BCUT2D eigenvalue weighted by atomic mass is 10.1. The lowest BCUT2D eigenvalue weighted by Gasteiger charge is -2.11. The van der Waals surface area contributed by atoms with E-state index in [0.717, 1.165) is 35.2 Å². The highest BCUT2D eigenvalue weighted by molar-refractivity contribution is 7.09. The summed E-state index contributed by atoms with van der Waals surface area (Å²) in [6.07, 6.45) is 0.867. The van der Waals surface area contributed by atoms with Crippen LogP contribution in [0.25, 0.3) is 0 Å². The third kappa shape index (κ3) is 5.34. The number of carbonyl (C=O) groups is 1. The number of guanidine groups is 1. The van der Waals surface area contributed by atoms with Gasteiger partial charge in [0.05, 0.1) is 10.7 Å². The number of nitrogens with zero attached hydrogens (tertiary/aromatic N) is 2. The Bertz CT molecular complexity index is 693. The molecule has 1 aromatic heterocycles. The minimum Gasteiger partial charge on any atom is -0.356 e. The number of benzene rings is 1. The largest absolute Gasteiger partial charge is 0.356 e. The second kappa shape index (κ2) is 9.02. The molecule has 128 valence electrons. The molecule has 24 heavy (non-hydrogen) atoms. The van der Waals surface area contributed by atoms with E-state index in [-0.39, 0.29) is 5.91 Å². The second-order valence-electron chi connectivity index (χ2n) is 5.24. The topological polar surface area (TPSA) is 78.4 Å². The van der Waals surface area contributed by atoms with Crippen molar-refractivity contribution in [2.45, 2.75) is 19.9 Å². The maximum Gasteiger partial charge on any atom is 0.251 e. The van der Waals surface area contributed by atoms with E-state index < -0.39 is 0 Å². The van der Waals surface area contributed by atoms with Crippen LogP contribution in [0.4, 0.5) is 0 Å². The van der Waals surface area contributed by atoms with E-state index in [9.17, 15) is 4.79 Å². The summed E-state index contributed by atoms with van der Waals surface area (Å²) in [5, 5.41) is 12.3. The molecular weight excluding hydrogens is 322 g/mol. The lowest BCUT2D eigenvalue weighted by molar-refractivity contribution is 0.0963. The Hall–Kier alpha value is -2.41. The Morgan fingerprint density at radius 3 is 2.58 bits per heavy atom. The van der Waals surface area contributed by atoms with Crippen LogP contribution in [-0.4, -0.2) is 37.5 Å². The molecule has 0 radical (unpaired) electrons.